The molecule has 2 atom stereocenters. The molecule has 0 saturated heterocycles. The first kappa shape index (κ1) is 23.4. The van der Waals surface area contributed by atoms with Crippen molar-refractivity contribution < 1.29 is 4.74 Å². The number of benzene rings is 2. The van der Waals surface area contributed by atoms with Crippen molar-refractivity contribution in [1.29, 1.82) is 5.26 Å². The second-order valence-corrected chi connectivity index (χ2v) is 9.91. The van der Waals surface area contributed by atoms with Gasteiger partial charge in [-0.2, -0.15) is 5.26 Å². The van der Waals surface area contributed by atoms with Crippen molar-refractivity contribution in [3.63, 3.8) is 0 Å². The molecule has 0 aliphatic heterocycles. The maximum absolute atomic E-state index is 9.47. The lowest BCUT2D eigenvalue weighted by Gasteiger charge is -2.30. The number of nitrogens with zero attached hydrogens (tertiary/aromatic N) is 1. The zero-order valence-electron chi connectivity index (χ0n) is 19.7. The van der Waals surface area contributed by atoms with Gasteiger partial charge in [-0.25, -0.2) is 0 Å². The molecule has 0 N–H and O–H groups in total. The number of nitriles is 1. The highest BCUT2D eigenvalue weighted by Crippen LogP contribution is 2.42. The average Bonchev–Trinajstić information content (AvgIpc) is 2.81. The largest absolute Gasteiger partial charge is 0.489 e. The summed E-state index contributed by atoms with van der Waals surface area (Å²) in [4.78, 5) is 0. The van der Waals surface area contributed by atoms with Gasteiger partial charge < -0.3 is 4.74 Å². The molecule has 0 bridgehead atoms. The van der Waals surface area contributed by atoms with E-state index in [2.05, 4.69) is 69.3 Å². The Bertz CT molecular complexity index is 849. The highest BCUT2D eigenvalue weighted by molar-refractivity contribution is 5.43. The van der Waals surface area contributed by atoms with Gasteiger partial charge in [-0.3, -0.25) is 0 Å². The molecule has 0 aromatic heterocycles. The summed E-state index contributed by atoms with van der Waals surface area (Å²) in [7, 11) is 0. The lowest BCUT2D eigenvalue weighted by atomic mass is 9.76. The van der Waals surface area contributed by atoms with E-state index in [0.717, 1.165) is 31.4 Å². The second kappa shape index (κ2) is 11.4. The van der Waals surface area contributed by atoms with E-state index < -0.39 is 0 Å². The van der Waals surface area contributed by atoms with E-state index in [-0.39, 0.29) is 11.3 Å². The van der Waals surface area contributed by atoms with Gasteiger partial charge in [0, 0.05) is 5.92 Å². The van der Waals surface area contributed by atoms with Gasteiger partial charge in [0.25, 0.3) is 0 Å². The van der Waals surface area contributed by atoms with Gasteiger partial charge in [-0.15, -0.1) is 0 Å². The van der Waals surface area contributed by atoms with E-state index in [1.54, 1.807) is 0 Å². The summed E-state index contributed by atoms with van der Waals surface area (Å²) in [6.45, 7) is 7.58. The summed E-state index contributed by atoms with van der Waals surface area (Å²) in [5, 5.41) is 9.47. The Hall–Kier alpha value is -2.27. The standard InChI is InChI=1S/C29H39NO/c1-4-5-6-10-18-29(2,3)26-16-17-27(25-15-11-14-24(19-25)21-30)28(20-26)31-22-23-12-8-7-9-13-23/h7-9,12-13,16-17,20,24-25H,4-6,10-11,14-15,18-19,22H2,1-3H3. The molecule has 0 amide bonds. The van der Waals surface area contributed by atoms with Gasteiger partial charge in [0.05, 0.1) is 6.07 Å². The van der Waals surface area contributed by atoms with Gasteiger partial charge in [0.2, 0.25) is 0 Å². The van der Waals surface area contributed by atoms with Crippen molar-refractivity contribution in [2.45, 2.75) is 96.5 Å². The molecule has 1 fully saturated rings. The summed E-state index contributed by atoms with van der Waals surface area (Å²) >= 11 is 0. The van der Waals surface area contributed by atoms with Crippen molar-refractivity contribution >= 4 is 0 Å². The highest BCUT2D eigenvalue weighted by atomic mass is 16.5. The van der Waals surface area contributed by atoms with Crippen LogP contribution in [0.25, 0.3) is 0 Å². The summed E-state index contributed by atoms with van der Waals surface area (Å²) in [6, 6.07) is 19.8. The third-order valence-corrected chi connectivity index (χ3v) is 6.98. The van der Waals surface area contributed by atoms with Gasteiger partial charge in [0.1, 0.15) is 12.4 Å². The molecule has 2 heteroatoms. The Labute approximate surface area is 189 Å². The van der Waals surface area contributed by atoms with Crippen molar-refractivity contribution in [3.05, 3.63) is 65.2 Å². The summed E-state index contributed by atoms with van der Waals surface area (Å²) in [5.41, 5.74) is 3.99. The van der Waals surface area contributed by atoms with Crippen LogP contribution in [0.2, 0.25) is 0 Å². The number of unbranched alkanes of at least 4 members (excludes halogenated alkanes) is 3. The van der Waals surface area contributed by atoms with Crippen LogP contribution in [0.3, 0.4) is 0 Å². The minimum atomic E-state index is 0.138. The first-order valence-electron chi connectivity index (χ1n) is 12.2. The van der Waals surface area contributed by atoms with Crippen molar-refractivity contribution in [2.24, 2.45) is 5.92 Å². The predicted octanol–water partition coefficient (Wildman–Crippen LogP) is 8.31. The van der Waals surface area contributed by atoms with E-state index in [1.807, 2.05) is 6.07 Å². The first-order valence-corrected chi connectivity index (χ1v) is 12.2. The molecule has 1 aliphatic rings. The molecule has 166 valence electrons. The fourth-order valence-electron chi connectivity index (χ4n) is 4.88. The molecule has 2 nitrogen and oxygen atoms in total. The molecule has 2 unspecified atom stereocenters. The molecule has 31 heavy (non-hydrogen) atoms. The van der Waals surface area contributed by atoms with Crippen molar-refractivity contribution in [1.82, 2.24) is 0 Å². The van der Waals surface area contributed by atoms with Gasteiger partial charge in [-0.05, 0) is 59.8 Å². The Morgan fingerprint density at radius 1 is 1.03 bits per heavy atom. The summed E-state index contributed by atoms with van der Waals surface area (Å²) in [5.74, 6) is 1.62. The van der Waals surface area contributed by atoms with Crippen LogP contribution in [0.4, 0.5) is 0 Å². The zero-order chi connectivity index (χ0) is 22.1. The predicted molar refractivity (Wildman–Crippen MR) is 129 cm³/mol. The van der Waals surface area contributed by atoms with Gasteiger partial charge >= 0.3 is 0 Å². The minimum absolute atomic E-state index is 0.138. The smallest absolute Gasteiger partial charge is 0.123 e. The molecule has 0 radical (unpaired) electrons. The maximum Gasteiger partial charge on any atom is 0.123 e. The second-order valence-electron chi connectivity index (χ2n) is 9.91. The van der Waals surface area contributed by atoms with Crippen LogP contribution in [0.5, 0.6) is 5.75 Å². The molecule has 0 spiro atoms. The van der Waals surface area contributed by atoms with Crippen LogP contribution in [-0.4, -0.2) is 0 Å². The average molecular weight is 418 g/mol. The number of ether oxygens (including phenoxy) is 1. The Balaban J connectivity index is 1.83. The highest BCUT2D eigenvalue weighted by Gasteiger charge is 2.27. The van der Waals surface area contributed by atoms with Crippen molar-refractivity contribution in [2.75, 3.05) is 0 Å². The third-order valence-electron chi connectivity index (χ3n) is 6.98. The van der Waals surface area contributed by atoms with E-state index in [4.69, 9.17) is 4.74 Å². The minimum Gasteiger partial charge on any atom is -0.489 e. The molecular weight excluding hydrogens is 378 g/mol. The molecule has 0 heterocycles. The van der Waals surface area contributed by atoms with Crippen LogP contribution in [0.1, 0.15) is 101 Å². The quantitative estimate of drug-likeness (QED) is 0.364. The Kier molecular flexibility index (Phi) is 8.59. The summed E-state index contributed by atoms with van der Waals surface area (Å²) < 4.78 is 6.44. The molecular formula is C29H39NO. The van der Waals surface area contributed by atoms with Crippen LogP contribution in [-0.2, 0) is 12.0 Å². The third kappa shape index (κ3) is 6.60. The van der Waals surface area contributed by atoms with Crippen LogP contribution in [0, 0.1) is 17.2 Å². The Morgan fingerprint density at radius 3 is 2.58 bits per heavy atom. The van der Waals surface area contributed by atoms with E-state index in [9.17, 15) is 5.26 Å². The molecule has 1 saturated carbocycles. The SMILES string of the molecule is CCCCCCC(C)(C)c1ccc(C2CCCC(C#N)C2)c(OCc2ccccc2)c1. The number of hydrogen-bond acceptors (Lipinski definition) is 2. The van der Waals surface area contributed by atoms with E-state index in [1.165, 1.54) is 48.8 Å². The molecule has 1 aliphatic carbocycles. The van der Waals surface area contributed by atoms with Gasteiger partial charge in [0.15, 0.2) is 0 Å². The Morgan fingerprint density at radius 2 is 1.84 bits per heavy atom. The molecule has 2 aromatic rings. The fourth-order valence-corrected chi connectivity index (χ4v) is 4.88. The lowest BCUT2D eigenvalue weighted by Crippen LogP contribution is -2.18. The van der Waals surface area contributed by atoms with E-state index >= 15 is 0 Å². The van der Waals surface area contributed by atoms with Crippen LogP contribution >= 0.6 is 0 Å². The molecule has 2 aromatic carbocycles. The summed E-state index contributed by atoms with van der Waals surface area (Å²) in [6.07, 6.45) is 10.7. The number of hydrogen-bond donors (Lipinski definition) is 0. The van der Waals surface area contributed by atoms with E-state index in [0.29, 0.717) is 12.5 Å². The van der Waals surface area contributed by atoms with Crippen LogP contribution < -0.4 is 4.74 Å². The lowest BCUT2D eigenvalue weighted by molar-refractivity contribution is 0.292. The topological polar surface area (TPSA) is 33.0 Å². The first-order chi connectivity index (χ1) is 15.0. The number of rotatable bonds is 10. The normalized spacial score (nSPS) is 19.0. The molecule has 3 rings (SSSR count). The maximum atomic E-state index is 9.47. The monoisotopic (exact) mass is 417 g/mol. The fraction of sp³-hybridized carbons (Fsp3) is 0.552. The van der Waals surface area contributed by atoms with Gasteiger partial charge in [-0.1, -0.05) is 95.3 Å². The van der Waals surface area contributed by atoms with Crippen molar-refractivity contribution in [3.8, 4) is 11.8 Å². The van der Waals surface area contributed by atoms with Crippen LogP contribution in [0.15, 0.2) is 48.5 Å². The zero-order valence-corrected chi connectivity index (χ0v) is 19.7.